The van der Waals surface area contributed by atoms with Crippen LogP contribution in [0.25, 0.3) is 0 Å². The van der Waals surface area contributed by atoms with Crippen LogP contribution in [0.2, 0.25) is 0 Å². The smallest absolute Gasteiger partial charge is 0.315 e. The fourth-order valence-corrected chi connectivity index (χ4v) is 1.15. The van der Waals surface area contributed by atoms with Gasteiger partial charge in [-0.3, -0.25) is 4.79 Å². The summed E-state index contributed by atoms with van der Waals surface area (Å²) in [6.07, 6.45) is 2.67. The first-order valence-electron chi connectivity index (χ1n) is 4.90. The topological polar surface area (TPSA) is 78.4 Å². The van der Waals surface area contributed by atoms with Gasteiger partial charge in [-0.1, -0.05) is 6.92 Å². The van der Waals surface area contributed by atoms with Crippen LogP contribution in [0.3, 0.4) is 0 Å². The number of carbonyl (C=O) groups excluding carboxylic acids is 1. The average Bonchev–Trinajstić information content (AvgIpc) is 2.86. The predicted molar refractivity (Wildman–Crippen MR) is 51.0 cm³/mol. The molecule has 0 spiro atoms. The Hall–Kier alpha value is -1.26. The minimum atomic E-state index is -0.886. The van der Waals surface area contributed by atoms with E-state index in [1.165, 1.54) is 0 Å². The molecule has 0 bridgehead atoms. The Morgan fingerprint density at radius 3 is 2.57 bits per heavy atom. The maximum atomic E-state index is 11.2. The number of nitrogens with one attached hydrogen (secondary N) is 2. The van der Waals surface area contributed by atoms with E-state index in [9.17, 15) is 9.59 Å². The normalized spacial score (nSPS) is 17.2. The number of carbonyl (C=O) groups is 2. The molecule has 1 unspecified atom stereocenters. The Kier molecular flexibility index (Phi) is 3.73. The van der Waals surface area contributed by atoms with E-state index >= 15 is 0 Å². The van der Waals surface area contributed by atoms with E-state index in [4.69, 9.17) is 5.11 Å². The highest BCUT2D eigenvalue weighted by Crippen LogP contribution is 2.18. The van der Waals surface area contributed by atoms with Crippen molar-refractivity contribution in [2.75, 3.05) is 0 Å². The molecule has 0 saturated heterocycles. The maximum Gasteiger partial charge on any atom is 0.315 e. The zero-order valence-corrected chi connectivity index (χ0v) is 8.25. The molecule has 2 amide bonds. The van der Waals surface area contributed by atoms with Gasteiger partial charge in [0.1, 0.15) is 0 Å². The van der Waals surface area contributed by atoms with Gasteiger partial charge in [0.15, 0.2) is 0 Å². The Morgan fingerprint density at radius 1 is 1.50 bits per heavy atom. The molecule has 0 aromatic heterocycles. The zero-order valence-electron chi connectivity index (χ0n) is 8.25. The van der Waals surface area contributed by atoms with Crippen LogP contribution in [0.5, 0.6) is 0 Å². The van der Waals surface area contributed by atoms with E-state index in [1.54, 1.807) is 0 Å². The first kappa shape index (κ1) is 10.8. The van der Waals surface area contributed by atoms with E-state index in [0.29, 0.717) is 12.5 Å². The second-order valence-electron chi connectivity index (χ2n) is 3.60. The molecular weight excluding hydrogens is 184 g/mol. The molecule has 14 heavy (non-hydrogen) atoms. The zero-order chi connectivity index (χ0) is 10.6. The number of carboxylic acid groups (broad SMARTS) is 1. The molecule has 1 aliphatic carbocycles. The van der Waals surface area contributed by atoms with Crippen LogP contribution in [-0.4, -0.2) is 29.2 Å². The van der Waals surface area contributed by atoms with Crippen molar-refractivity contribution in [1.82, 2.24) is 10.6 Å². The van der Waals surface area contributed by atoms with Gasteiger partial charge in [-0.25, -0.2) is 4.79 Å². The number of urea groups is 1. The van der Waals surface area contributed by atoms with Gasteiger partial charge in [0.25, 0.3) is 0 Å². The van der Waals surface area contributed by atoms with E-state index in [2.05, 4.69) is 10.6 Å². The molecule has 5 nitrogen and oxygen atoms in total. The summed E-state index contributed by atoms with van der Waals surface area (Å²) < 4.78 is 0. The van der Waals surface area contributed by atoms with Gasteiger partial charge in [0.05, 0.1) is 6.42 Å². The summed E-state index contributed by atoms with van der Waals surface area (Å²) in [5.74, 6) is -0.886. The van der Waals surface area contributed by atoms with Gasteiger partial charge in [0, 0.05) is 12.1 Å². The fourth-order valence-electron chi connectivity index (χ4n) is 1.15. The number of hydrogen-bond acceptors (Lipinski definition) is 2. The Morgan fingerprint density at radius 2 is 2.14 bits per heavy atom. The van der Waals surface area contributed by atoms with Gasteiger partial charge < -0.3 is 15.7 Å². The van der Waals surface area contributed by atoms with Crippen LogP contribution in [0.1, 0.15) is 32.6 Å². The standard InChI is InChI=1S/C9H16N2O3/c1-2-6(5-8(12)13)10-9(14)11-7-3-4-7/h6-7H,2-5H2,1H3,(H,12,13)(H2,10,11,14). The minimum Gasteiger partial charge on any atom is -0.481 e. The van der Waals surface area contributed by atoms with Crippen LogP contribution in [0.4, 0.5) is 4.79 Å². The van der Waals surface area contributed by atoms with E-state index in [1.807, 2.05) is 6.92 Å². The maximum absolute atomic E-state index is 11.2. The van der Waals surface area contributed by atoms with Gasteiger partial charge in [-0.05, 0) is 19.3 Å². The number of carboxylic acids is 1. The van der Waals surface area contributed by atoms with Crippen LogP contribution in [-0.2, 0) is 4.79 Å². The van der Waals surface area contributed by atoms with E-state index < -0.39 is 5.97 Å². The molecule has 1 rings (SSSR count). The first-order valence-corrected chi connectivity index (χ1v) is 4.90. The van der Waals surface area contributed by atoms with Crippen LogP contribution >= 0.6 is 0 Å². The molecule has 3 N–H and O–H groups in total. The van der Waals surface area contributed by atoms with Gasteiger partial charge in [-0.2, -0.15) is 0 Å². The first-order chi connectivity index (χ1) is 6.61. The quantitative estimate of drug-likeness (QED) is 0.611. The van der Waals surface area contributed by atoms with E-state index in [-0.39, 0.29) is 18.5 Å². The molecule has 0 radical (unpaired) electrons. The van der Waals surface area contributed by atoms with Crippen molar-refractivity contribution in [2.45, 2.75) is 44.7 Å². The third-order valence-corrected chi connectivity index (χ3v) is 2.16. The molecule has 1 fully saturated rings. The summed E-state index contributed by atoms with van der Waals surface area (Å²) in [5, 5.41) is 13.9. The number of hydrogen-bond donors (Lipinski definition) is 3. The van der Waals surface area contributed by atoms with Crippen molar-refractivity contribution in [3.63, 3.8) is 0 Å². The summed E-state index contributed by atoms with van der Waals surface area (Å²) in [7, 11) is 0. The second-order valence-corrected chi connectivity index (χ2v) is 3.60. The molecular formula is C9H16N2O3. The van der Waals surface area contributed by atoms with Crippen LogP contribution in [0, 0.1) is 0 Å². The summed E-state index contributed by atoms with van der Waals surface area (Å²) in [6, 6.07) is -0.218. The van der Waals surface area contributed by atoms with Crippen LogP contribution < -0.4 is 10.6 Å². The molecule has 0 aromatic rings. The molecule has 0 aromatic carbocycles. The van der Waals surface area contributed by atoms with Crippen molar-refractivity contribution in [3.05, 3.63) is 0 Å². The lowest BCUT2D eigenvalue weighted by Crippen LogP contribution is -2.43. The summed E-state index contributed by atoms with van der Waals surface area (Å²) in [4.78, 5) is 21.6. The monoisotopic (exact) mass is 200 g/mol. The van der Waals surface area contributed by atoms with Gasteiger partial charge >= 0.3 is 12.0 Å². The van der Waals surface area contributed by atoms with Crippen molar-refractivity contribution in [3.8, 4) is 0 Å². The second kappa shape index (κ2) is 4.83. The lowest BCUT2D eigenvalue weighted by molar-refractivity contribution is -0.137. The molecule has 1 aliphatic rings. The highest BCUT2D eigenvalue weighted by Gasteiger charge is 2.24. The molecule has 1 atom stereocenters. The number of aliphatic carboxylic acids is 1. The van der Waals surface area contributed by atoms with Crippen molar-refractivity contribution in [2.24, 2.45) is 0 Å². The molecule has 80 valence electrons. The highest BCUT2D eigenvalue weighted by molar-refractivity contribution is 5.76. The van der Waals surface area contributed by atoms with Gasteiger partial charge in [0.2, 0.25) is 0 Å². The minimum absolute atomic E-state index is 0.0193. The summed E-state index contributed by atoms with van der Waals surface area (Å²) >= 11 is 0. The van der Waals surface area contributed by atoms with Gasteiger partial charge in [-0.15, -0.1) is 0 Å². The third kappa shape index (κ3) is 4.11. The third-order valence-electron chi connectivity index (χ3n) is 2.16. The van der Waals surface area contributed by atoms with Crippen molar-refractivity contribution >= 4 is 12.0 Å². The van der Waals surface area contributed by atoms with Crippen molar-refractivity contribution < 1.29 is 14.7 Å². The van der Waals surface area contributed by atoms with Crippen molar-refractivity contribution in [1.29, 1.82) is 0 Å². The fraction of sp³-hybridized carbons (Fsp3) is 0.778. The average molecular weight is 200 g/mol. The highest BCUT2D eigenvalue weighted by atomic mass is 16.4. The van der Waals surface area contributed by atoms with E-state index in [0.717, 1.165) is 12.8 Å². The van der Waals surface area contributed by atoms with Crippen LogP contribution in [0.15, 0.2) is 0 Å². The Bertz CT molecular complexity index is 226. The molecule has 5 heteroatoms. The molecule has 0 heterocycles. The Labute approximate surface area is 82.9 Å². The number of rotatable bonds is 5. The summed E-state index contributed by atoms with van der Waals surface area (Å²) in [6.45, 7) is 1.85. The lowest BCUT2D eigenvalue weighted by atomic mass is 10.1. The molecule has 0 aliphatic heterocycles. The predicted octanol–water partition coefficient (Wildman–Crippen LogP) is 0.701. The molecule has 1 saturated carbocycles. The lowest BCUT2D eigenvalue weighted by Gasteiger charge is -2.14. The largest absolute Gasteiger partial charge is 0.481 e. The number of amides is 2. The SMILES string of the molecule is CCC(CC(=O)O)NC(=O)NC1CC1. The summed E-state index contributed by atoms with van der Waals surface area (Å²) in [5.41, 5.74) is 0. The Balaban J connectivity index is 2.23.